The largest absolute Gasteiger partial charge is 0.507 e. The van der Waals surface area contributed by atoms with E-state index in [9.17, 15) is 9.90 Å². The number of rotatable bonds is 6. The molecule has 0 aromatic heterocycles. The van der Waals surface area contributed by atoms with Gasteiger partial charge in [0.15, 0.2) is 5.78 Å². The van der Waals surface area contributed by atoms with Crippen molar-refractivity contribution in [1.29, 1.82) is 0 Å². The molecule has 1 N–H and O–H groups in total. The lowest BCUT2D eigenvalue weighted by atomic mass is 9.88. The third-order valence-electron chi connectivity index (χ3n) is 5.68. The number of phenols is 1. The fourth-order valence-corrected chi connectivity index (χ4v) is 4.29. The molecular weight excluding hydrogens is 338 g/mol. The van der Waals surface area contributed by atoms with Gasteiger partial charge in [0.25, 0.3) is 0 Å². The van der Waals surface area contributed by atoms with E-state index in [1.54, 1.807) is 6.07 Å². The number of hydrogen-bond acceptors (Lipinski definition) is 4. The normalized spacial score (nSPS) is 18.7. The zero-order valence-electron chi connectivity index (χ0n) is 15.7. The van der Waals surface area contributed by atoms with Gasteiger partial charge in [-0.3, -0.25) is 4.79 Å². The minimum atomic E-state index is 0.0556. The Morgan fingerprint density at radius 2 is 1.96 bits per heavy atom. The van der Waals surface area contributed by atoms with E-state index in [1.165, 1.54) is 12.0 Å². The summed E-state index contributed by atoms with van der Waals surface area (Å²) in [6.07, 6.45) is 6.94. The van der Waals surface area contributed by atoms with Crippen molar-refractivity contribution < 1.29 is 14.6 Å². The molecule has 2 heterocycles. The van der Waals surface area contributed by atoms with Gasteiger partial charge < -0.3 is 14.7 Å². The number of Topliss-reactive ketones (excluding diaryl/α,β-unsaturated/α-hetero) is 1. The van der Waals surface area contributed by atoms with E-state index in [-0.39, 0.29) is 17.6 Å². The van der Waals surface area contributed by atoms with Crippen LogP contribution in [-0.2, 0) is 6.42 Å². The number of carbonyl (C=O) groups is 1. The van der Waals surface area contributed by atoms with E-state index >= 15 is 0 Å². The number of benzene rings is 2. The van der Waals surface area contributed by atoms with Crippen LogP contribution in [0.25, 0.3) is 0 Å². The van der Waals surface area contributed by atoms with Crippen LogP contribution < -0.4 is 9.64 Å². The second kappa shape index (κ2) is 8.03. The molecule has 4 heteroatoms. The van der Waals surface area contributed by atoms with Gasteiger partial charge in [-0.25, -0.2) is 0 Å². The highest BCUT2D eigenvalue weighted by atomic mass is 16.5. The van der Waals surface area contributed by atoms with Gasteiger partial charge in [0.05, 0.1) is 17.9 Å². The first-order valence-electron chi connectivity index (χ1n) is 10.1. The van der Waals surface area contributed by atoms with Gasteiger partial charge in [-0.2, -0.15) is 0 Å². The van der Waals surface area contributed by atoms with E-state index in [1.807, 2.05) is 12.1 Å². The highest BCUT2D eigenvalue weighted by molar-refractivity contribution is 6.06. The summed E-state index contributed by atoms with van der Waals surface area (Å²) in [6.45, 7) is 1.56. The number of carbonyl (C=O) groups excluding carboxylic acids is 1. The Labute approximate surface area is 160 Å². The smallest absolute Gasteiger partial charge is 0.170 e. The number of phenolic OH excluding ortho intramolecular Hbond substituents is 1. The van der Waals surface area contributed by atoms with Crippen molar-refractivity contribution in [2.24, 2.45) is 0 Å². The maximum Gasteiger partial charge on any atom is 0.170 e. The SMILES string of the molecule is O=C1CC2CCCCN2c2cc(OCCCCc3ccccc3)cc(O)c21. The second-order valence-electron chi connectivity index (χ2n) is 7.60. The van der Waals surface area contributed by atoms with Crippen LogP contribution in [0.15, 0.2) is 42.5 Å². The topological polar surface area (TPSA) is 49.8 Å². The number of piperidine rings is 1. The number of fused-ring (bicyclic) bond motifs is 3. The van der Waals surface area contributed by atoms with Crippen LogP contribution in [0.2, 0.25) is 0 Å². The van der Waals surface area contributed by atoms with Crippen LogP contribution in [0.5, 0.6) is 11.5 Å². The van der Waals surface area contributed by atoms with Crippen LogP contribution in [-0.4, -0.2) is 30.1 Å². The van der Waals surface area contributed by atoms with Crippen LogP contribution >= 0.6 is 0 Å². The van der Waals surface area contributed by atoms with Gasteiger partial charge >= 0.3 is 0 Å². The third kappa shape index (κ3) is 3.95. The van der Waals surface area contributed by atoms with E-state index in [0.29, 0.717) is 24.3 Å². The Balaban J connectivity index is 1.39. The Bertz CT molecular complexity index is 803. The molecule has 0 saturated carbocycles. The highest BCUT2D eigenvalue weighted by Gasteiger charge is 2.35. The minimum Gasteiger partial charge on any atom is -0.507 e. The maximum absolute atomic E-state index is 12.5. The molecule has 0 bridgehead atoms. The van der Waals surface area contributed by atoms with Gasteiger partial charge in [-0.05, 0) is 44.1 Å². The summed E-state index contributed by atoms with van der Waals surface area (Å²) in [6, 6.07) is 14.3. The van der Waals surface area contributed by atoms with Crippen molar-refractivity contribution in [3.05, 3.63) is 53.6 Å². The lowest BCUT2D eigenvalue weighted by Gasteiger charge is -2.41. The third-order valence-corrected chi connectivity index (χ3v) is 5.68. The lowest BCUT2D eigenvalue weighted by Crippen LogP contribution is -2.44. The molecular formula is C23H27NO3. The molecule has 2 aliphatic rings. The summed E-state index contributed by atoms with van der Waals surface area (Å²) in [4.78, 5) is 14.8. The molecule has 2 aromatic rings. The predicted octanol–water partition coefficient (Wildman–Crippen LogP) is 4.74. The quantitative estimate of drug-likeness (QED) is 0.751. The standard InChI is InChI=1S/C23H27NO3/c25-21-14-18-11-4-6-12-24(18)20-15-19(16-22(26)23(20)21)27-13-7-5-10-17-8-2-1-3-9-17/h1-3,8-9,15-16,18,26H,4-7,10-14H2. The molecule has 1 atom stereocenters. The monoisotopic (exact) mass is 365 g/mol. The Morgan fingerprint density at radius 1 is 1.11 bits per heavy atom. The summed E-state index contributed by atoms with van der Waals surface area (Å²) in [5.74, 6) is 0.769. The molecule has 2 aromatic carbocycles. The van der Waals surface area contributed by atoms with E-state index in [4.69, 9.17) is 4.74 Å². The number of unbranched alkanes of at least 4 members (excludes halogenated alkanes) is 1. The summed E-state index contributed by atoms with van der Waals surface area (Å²) in [5, 5.41) is 10.4. The number of aryl methyl sites for hydroxylation is 1. The maximum atomic E-state index is 12.5. The van der Waals surface area contributed by atoms with Crippen LogP contribution in [0.1, 0.15) is 54.4 Å². The second-order valence-corrected chi connectivity index (χ2v) is 7.60. The molecule has 4 rings (SSSR count). The molecule has 4 nitrogen and oxygen atoms in total. The number of nitrogens with zero attached hydrogens (tertiary/aromatic N) is 1. The van der Waals surface area contributed by atoms with Crippen LogP contribution in [0, 0.1) is 0 Å². The van der Waals surface area contributed by atoms with Crippen molar-refractivity contribution in [2.45, 2.75) is 51.0 Å². The first kappa shape index (κ1) is 17.9. The Morgan fingerprint density at radius 3 is 2.81 bits per heavy atom. The van der Waals surface area contributed by atoms with Gasteiger partial charge in [0.1, 0.15) is 11.5 Å². The van der Waals surface area contributed by atoms with Crippen LogP contribution in [0.3, 0.4) is 0 Å². The number of anilines is 1. The number of ether oxygens (including phenoxy) is 1. The van der Waals surface area contributed by atoms with Crippen molar-refractivity contribution in [3.63, 3.8) is 0 Å². The number of aromatic hydroxyl groups is 1. The number of ketones is 1. The zero-order valence-corrected chi connectivity index (χ0v) is 15.7. The highest BCUT2D eigenvalue weighted by Crippen LogP contribution is 2.42. The van der Waals surface area contributed by atoms with Gasteiger partial charge in [0.2, 0.25) is 0 Å². The average molecular weight is 365 g/mol. The van der Waals surface area contributed by atoms with Crippen molar-refractivity contribution in [2.75, 3.05) is 18.1 Å². The van der Waals surface area contributed by atoms with E-state index in [2.05, 4.69) is 29.2 Å². The molecule has 1 unspecified atom stereocenters. The molecule has 1 fully saturated rings. The van der Waals surface area contributed by atoms with Crippen LogP contribution in [0.4, 0.5) is 5.69 Å². The molecule has 0 radical (unpaired) electrons. The fourth-order valence-electron chi connectivity index (χ4n) is 4.29. The fraction of sp³-hybridized carbons (Fsp3) is 0.435. The van der Waals surface area contributed by atoms with E-state index < -0.39 is 0 Å². The van der Waals surface area contributed by atoms with Crippen molar-refractivity contribution >= 4 is 11.5 Å². The lowest BCUT2D eigenvalue weighted by molar-refractivity contribution is 0.0958. The molecule has 0 amide bonds. The predicted molar refractivity (Wildman–Crippen MR) is 107 cm³/mol. The molecule has 0 spiro atoms. The first-order valence-corrected chi connectivity index (χ1v) is 10.1. The Kier molecular flexibility index (Phi) is 5.33. The van der Waals surface area contributed by atoms with Gasteiger partial charge in [0, 0.05) is 31.1 Å². The zero-order chi connectivity index (χ0) is 18.6. The minimum absolute atomic E-state index is 0.0556. The molecule has 1 saturated heterocycles. The van der Waals surface area contributed by atoms with E-state index in [0.717, 1.165) is 44.3 Å². The number of hydrogen-bond donors (Lipinski definition) is 1. The molecule has 0 aliphatic carbocycles. The average Bonchev–Trinajstić information content (AvgIpc) is 2.68. The Hall–Kier alpha value is -2.49. The molecule has 2 aliphatic heterocycles. The summed E-state index contributed by atoms with van der Waals surface area (Å²) >= 11 is 0. The first-order chi connectivity index (χ1) is 13.2. The molecule has 142 valence electrons. The molecule has 27 heavy (non-hydrogen) atoms. The summed E-state index contributed by atoms with van der Waals surface area (Å²) in [7, 11) is 0. The summed E-state index contributed by atoms with van der Waals surface area (Å²) < 4.78 is 5.91. The van der Waals surface area contributed by atoms with Gasteiger partial charge in [-0.1, -0.05) is 30.3 Å². The van der Waals surface area contributed by atoms with Crippen molar-refractivity contribution in [3.8, 4) is 11.5 Å². The summed E-state index contributed by atoms with van der Waals surface area (Å²) in [5.41, 5.74) is 2.68. The van der Waals surface area contributed by atoms with Gasteiger partial charge in [-0.15, -0.1) is 0 Å². The van der Waals surface area contributed by atoms with Crippen molar-refractivity contribution in [1.82, 2.24) is 0 Å².